The van der Waals surface area contributed by atoms with Crippen LogP contribution in [0.5, 0.6) is 0 Å². The van der Waals surface area contributed by atoms with Gasteiger partial charge in [0.15, 0.2) is 0 Å². The number of carbonyl (C=O) groups excluding carboxylic acids is 1. The Kier molecular flexibility index (Phi) is 4.80. The Bertz CT molecular complexity index is 820. The zero-order chi connectivity index (χ0) is 18.1. The molecule has 1 aromatic heterocycles. The molecule has 3 rings (SSSR count). The molecule has 0 unspecified atom stereocenters. The Hall–Kier alpha value is -2.36. The van der Waals surface area contributed by atoms with Crippen molar-refractivity contribution in [2.45, 2.75) is 64.1 Å². The lowest BCUT2D eigenvalue weighted by Gasteiger charge is -2.33. The van der Waals surface area contributed by atoms with E-state index in [1.54, 1.807) is 11.9 Å². The van der Waals surface area contributed by atoms with Crippen LogP contribution in [0, 0.1) is 17.2 Å². The molecule has 7 heteroatoms. The van der Waals surface area contributed by atoms with Gasteiger partial charge in [0, 0.05) is 25.3 Å². The maximum atomic E-state index is 12.6. The molecule has 0 radical (unpaired) electrons. The van der Waals surface area contributed by atoms with Gasteiger partial charge in [-0.3, -0.25) is 14.2 Å². The number of nitriles is 1. The van der Waals surface area contributed by atoms with Crippen LogP contribution in [-0.2, 0) is 11.3 Å². The summed E-state index contributed by atoms with van der Waals surface area (Å²) in [4.78, 5) is 39.2. The van der Waals surface area contributed by atoms with Gasteiger partial charge in [-0.1, -0.05) is 6.92 Å². The van der Waals surface area contributed by atoms with Crippen LogP contribution < -0.4 is 11.2 Å². The molecule has 25 heavy (non-hydrogen) atoms. The average molecular weight is 344 g/mol. The Labute approximate surface area is 146 Å². The van der Waals surface area contributed by atoms with E-state index in [1.165, 1.54) is 10.8 Å². The van der Waals surface area contributed by atoms with Crippen LogP contribution in [0.2, 0.25) is 0 Å². The van der Waals surface area contributed by atoms with Crippen LogP contribution in [0.15, 0.2) is 15.8 Å². The maximum Gasteiger partial charge on any atom is 0.331 e. The van der Waals surface area contributed by atoms with Crippen LogP contribution in [0.25, 0.3) is 0 Å². The first-order valence-electron chi connectivity index (χ1n) is 8.94. The van der Waals surface area contributed by atoms with Gasteiger partial charge in [0.2, 0.25) is 5.91 Å². The standard InChI is InChI=1S/C18H24N4O3/c1-12-3-5-14(6-4-12)20(2)16(23)11-22-17(24)13(9-19)10-21(18(22)25)15-7-8-15/h10,12,14-15H,3-8,11H2,1-2H3. The fraction of sp³-hybridized carbons (Fsp3) is 0.667. The van der Waals surface area contributed by atoms with Crippen LogP contribution in [0.3, 0.4) is 0 Å². The molecule has 1 aromatic rings. The highest BCUT2D eigenvalue weighted by Gasteiger charge is 2.29. The third-order valence-electron chi connectivity index (χ3n) is 5.48. The second kappa shape index (κ2) is 6.87. The smallest absolute Gasteiger partial charge is 0.331 e. The number of likely N-dealkylation sites (N-methyl/N-ethyl adjacent to an activating group) is 1. The summed E-state index contributed by atoms with van der Waals surface area (Å²) in [5, 5.41) is 9.16. The molecule has 0 atom stereocenters. The van der Waals surface area contributed by atoms with Gasteiger partial charge in [0.1, 0.15) is 18.2 Å². The number of hydrogen-bond acceptors (Lipinski definition) is 4. The highest BCUT2D eigenvalue weighted by Crippen LogP contribution is 2.33. The summed E-state index contributed by atoms with van der Waals surface area (Å²) in [5.74, 6) is 0.427. The predicted molar refractivity (Wildman–Crippen MR) is 92.1 cm³/mol. The van der Waals surface area contributed by atoms with E-state index in [0.717, 1.165) is 43.1 Å². The van der Waals surface area contributed by atoms with E-state index in [0.29, 0.717) is 5.92 Å². The second-order valence-corrected chi connectivity index (χ2v) is 7.39. The van der Waals surface area contributed by atoms with Crippen LogP contribution in [0.4, 0.5) is 0 Å². The molecule has 2 aliphatic carbocycles. The van der Waals surface area contributed by atoms with Crippen molar-refractivity contribution in [3.8, 4) is 6.07 Å². The first-order valence-corrected chi connectivity index (χ1v) is 8.94. The summed E-state index contributed by atoms with van der Waals surface area (Å²) in [6, 6.07) is 2.04. The van der Waals surface area contributed by atoms with E-state index < -0.39 is 11.2 Å². The fourth-order valence-electron chi connectivity index (χ4n) is 3.53. The number of rotatable bonds is 4. The summed E-state index contributed by atoms with van der Waals surface area (Å²) in [5.41, 5.74) is -1.26. The lowest BCUT2D eigenvalue weighted by atomic mass is 9.87. The molecule has 0 spiro atoms. The van der Waals surface area contributed by atoms with Crippen LogP contribution in [-0.4, -0.2) is 33.0 Å². The summed E-state index contributed by atoms with van der Waals surface area (Å²) < 4.78 is 2.34. The minimum absolute atomic E-state index is 0.0408. The fourth-order valence-corrected chi connectivity index (χ4v) is 3.53. The van der Waals surface area contributed by atoms with Gasteiger partial charge in [-0.05, 0) is 44.4 Å². The highest BCUT2D eigenvalue weighted by atomic mass is 16.2. The van der Waals surface area contributed by atoms with E-state index in [2.05, 4.69) is 6.92 Å². The summed E-state index contributed by atoms with van der Waals surface area (Å²) in [6.07, 6.45) is 7.11. The largest absolute Gasteiger partial charge is 0.341 e. The lowest BCUT2D eigenvalue weighted by molar-refractivity contribution is -0.133. The molecule has 0 N–H and O–H groups in total. The molecule has 0 saturated heterocycles. The number of amides is 1. The molecule has 1 amide bonds. The van der Waals surface area contributed by atoms with Crippen molar-refractivity contribution >= 4 is 5.91 Å². The topological polar surface area (TPSA) is 88.1 Å². The number of carbonyl (C=O) groups is 1. The molecular formula is C18H24N4O3. The van der Waals surface area contributed by atoms with Gasteiger partial charge < -0.3 is 4.90 Å². The third-order valence-corrected chi connectivity index (χ3v) is 5.48. The van der Waals surface area contributed by atoms with Crippen molar-refractivity contribution in [2.24, 2.45) is 5.92 Å². The first-order chi connectivity index (χ1) is 11.9. The molecule has 7 nitrogen and oxygen atoms in total. The van der Waals surface area contributed by atoms with Crippen molar-refractivity contribution in [1.82, 2.24) is 14.0 Å². The molecule has 2 aliphatic rings. The van der Waals surface area contributed by atoms with E-state index in [9.17, 15) is 14.4 Å². The average Bonchev–Trinajstić information content (AvgIpc) is 3.43. The van der Waals surface area contributed by atoms with Gasteiger partial charge in [-0.25, -0.2) is 9.36 Å². The minimum Gasteiger partial charge on any atom is -0.341 e. The Morgan fingerprint density at radius 2 is 1.88 bits per heavy atom. The van der Waals surface area contributed by atoms with Crippen molar-refractivity contribution in [2.75, 3.05) is 7.05 Å². The molecular weight excluding hydrogens is 320 g/mol. The monoisotopic (exact) mass is 344 g/mol. The van der Waals surface area contributed by atoms with Crippen LogP contribution in [0.1, 0.15) is 57.1 Å². The van der Waals surface area contributed by atoms with Gasteiger partial charge in [-0.15, -0.1) is 0 Å². The van der Waals surface area contributed by atoms with E-state index in [1.807, 2.05) is 6.07 Å². The molecule has 2 saturated carbocycles. The SMILES string of the molecule is CC1CCC(N(C)C(=O)Cn2c(=O)c(C#N)cn(C3CC3)c2=O)CC1. The number of aromatic nitrogens is 2. The van der Waals surface area contributed by atoms with Crippen LogP contribution >= 0.6 is 0 Å². The molecule has 1 heterocycles. The minimum atomic E-state index is -0.677. The Balaban J connectivity index is 1.83. The van der Waals surface area contributed by atoms with E-state index >= 15 is 0 Å². The zero-order valence-electron chi connectivity index (χ0n) is 14.8. The van der Waals surface area contributed by atoms with E-state index in [-0.39, 0.29) is 30.1 Å². The molecule has 0 aliphatic heterocycles. The molecule has 2 fully saturated rings. The van der Waals surface area contributed by atoms with Crippen molar-refractivity contribution in [3.05, 3.63) is 32.6 Å². The summed E-state index contributed by atoms with van der Waals surface area (Å²) >= 11 is 0. The van der Waals surface area contributed by atoms with Gasteiger partial charge in [-0.2, -0.15) is 5.26 Å². The van der Waals surface area contributed by atoms with Gasteiger partial charge in [0.25, 0.3) is 5.56 Å². The highest BCUT2D eigenvalue weighted by molar-refractivity contribution is 5.76. The molecule has 134 valence electrons. The Morgan fingerprint density at radius 3 is 2.44 bits per heavy atom. The molecule has 0 bridgehead atoms. The summed E-state index contributed by atoms with van der Waals surface area (Å²) in [7, 11) is 1.74. The zero-order valence-corrected chi connectivity index (χ0v) is 14.8. The predicted octanol–water partition coefficient (Wildman–Crippen LogP) is 1.25. The van der Waals surface area contributed by atoms with Crippen molar-refractivity contribution in [1.29, 1.82) is 5.26 Å². The van der Waals surface area contributed by atoms with Crippen molar-refractivity contribution in [3.63, 3.8) is 0 Å². The second-order valence-electron chi connectivity index (χ2n) is 7.39. The maximum absolute atomic E-state index is 12.6. The third kappa shape index (κ3) is 3.53. The Morgan fingerprint density at radius 1 is 1.24 bits per heavy atom. The molecule has 0 aromatic carbocycles. The number of hydrogen-bond donors (Lipinski definition) is 0. The lowest BCUT2D eigenvalue weighted by Crippen LogP contribution is -2.47. The van der Waals surface area contributed by atoms with Gasteiger partial charge in [0.05, 0.1) is 0 Å². The van der Waals surface area contributed by atoms with Crippen molar-refractivity contribution < 1.29 is 4.79 Å². The van der Waals surface area contributed by atoms with Gasteiger partial charge >= 0.3 is 5.69 Å². The normalized spacial score (nSPS) is 23.1. The number of nitrogens with zero attached hydrogens (tertiary/aromatic N) is 4. The first kappa shape index (κ1) is 17.5. The summed E-state index contributed by atoms with van der Waals surface area (Å²) in [6.45, 7) is 1.91. The van der Waals surface area contributed by atoms with E-state index in [4.69, 9.17) is 5.26 Å². The quantitative estimate of drug-likeness (QED) is 0.822.